The minimum absolute atomic E-state index is 0.0107. The first-order valence-corrected chi connectivity index (χ1v) is 13.0. The van der Waals surface area contributed by atoms with Gasteiger partial charge >= 0.3 is 0 Å². The molecule has 0 saturated carbocycles. The van der Waals surface area contributed by atoms with Gasteiger partial charge in [-0.1, -0.05) is 27.9 Å². The molecule has 3 aliphatic heterocycles. The first kappa shape index (κ1) is 26.2. The number of amides is 4. The summed E-state index contributed by atoms with van der Waals surface area (Å²) < 4.78 is 11.6. The SMILES string of the molecule is Bc1c(B)c(CN2CCOCC2=O)c(B)c(B)c1COc1cccc2c1CN(C1CCC(=O)NC1=O)C2=O. The largest absolute Gasteiger partial charge is 0.489 e. The highest BCUT2D eigenvalue weighted by atomic mass is 16.5. The monoisotopic (exact) mass is 511 g/mol. The number of ether oxygens (including phenoxy) is 2. The molecule has 2 fully saturated rings. The van der Waals surface area contributed by atoms with Crippen LogP contribution in [0.25, 0.3) is 0 Å². The molecule has 0 aliphatic carbocycles. The van der Waals surface area contributed by atoms with Crippen LogP contribution in [0.4, 0.5) is 0 Å². The molecule has 2 aromatic carbocycles. The summed E-state index contributed by atoms with van der Waals surface area (Å²) in [6.07, 6.45) is 0.534. The summed E-state index contributed by atoms with van der Waals surface area (Å²) in [6.45, 7) is 2.44. The third kappa shape index (κ3) is 4.64. The summed E-state index contributed by atoms with van der Waals surface area (Å²) in [5.41, 5.74) is 8.06. The first-order valence-electron chi connectivity index (χ1n) is 13.0. The van der Waals surface area contributed by atoms with Gasteiger partial charge in [0, 0.05) is 30.6 Å². The maximum atomic E-state index is 13.1. The second kappa shape index (κ2) is 10.4. The van der Waals surface area contributed by atoms with Crippen molar-refractivity contribution in [2.24, 2.45) is 0 Å². The van der Waals surface area contributed by atoms with Gasteiger partial charge in [-0.2, -0.15) is 0 Å². The molecule has 1 unspecified atom stereocenters. The van der Waals surface area contributed by atoms with Gasteiger partial charge in [-0.05, 0) is 29.7 Å². The van der Waals surface area contributed by atoms with Gasteiger partial charge in [0.15, 0.2) is 0 Å². The van der Waals surface area contributed by atoms with Gasteiger partial charge < -0.3 is 19.3 Å². The van der Waals surface area contributed by atoms with E-state index in [0.717, 1.165) is 38.5 Å². The molecule has 5 rings (SSSR count). The van der Waals surface area contributed by atoms with E-state index >= 15 is 0 Å². The Labute approximate surface area is 225 Å². The lowest BCUT2D eigenvalue weighted by Gasteiger charge is -2.30. The van der Waals surface area contributed by atoms with Crippen molar-refractivity contribution >= 4 is 76.9 Å². The van der Waals surface area contributed by atoms with Gasteiger partial charge in [0.1, 0.15) is 56.4 Å². The Kier molecular flexibility index (Phi) is 7.13. The molecule has 1 N–H and O–H groups in total. The number of piperidine rings is 1. The van der Waals surface area contributed by atoms with Crippen molar-refractivity contribution < 1.29 is 28.7 Å². The van der Waals surface area contributed by atoms with Crippen LogP contribution < -0.4 is 31.9 Å². The average Bonchev–Trinajstić information content (AvgIpc) is 3.23. The number of hydrogen-bond acceptors (Lipinski definition) is 6. The van der Waals surface area contributed by atoms with E-state index in [1.54, 1.807) is 12.1 Å². The standard InChI is InChI=1S/C25H29B4N3O6/c26-20-14(8-31-6-7-37-11-19(31)34)21(27)23(29)15(22(20)28)10-38-17-3-1-2-12-13(17)9-32(25(12)36)16-4-5-18(33)30-24(16)35/h1-3,16H,4-11,26-29H2,(H,30,33,35). The number of fused-ring (bicyclic) bond motifs is 1. The molecule has 0 aromatic heterocycles. The van der Waals surface area contributed by atoms with Crippen LogP contribution in [0.2, 0.25) is 0 Å². The minimum Gasteiger partial charge on any atom is -0.489 e. The molecule has 0 spiro atoms. The van der Waals surface area contributed by atoms with Crippen molar-refractivity contribution in [3.8, 4) is 5.75 Å². The zero-order valence-corrected chi connectivity index (χ0v) is 22.3. The van der Waals surface area contributed by atoms with Crippen LogP contribution >= 0.6 is 0 Å². The molecule has 3 heterocycles. The van der Waals surface area contributed by atoms with Crippen LogP contribution in [0.5, 0.6) is 5.75 Å². The predicted octanol–water partition coefficient (Wildman–Crippen LogP) is -5.58. The maximum Gasteiger partial charge on any atom is 0.255 e. The van der Waals surface area contributed by atoms with Gasteiger partial charge in [-0.3, -0.25) is 24.5 Å². The third-order valence-corrected chi connectivity index (χ3v) is 8.28. The second-order valence-corrected chi connectivity index (χ2v) is 10.3. The number of carbonyl (C=O) groups excluding carboxylic acids is 4. The van der Waals surface area contributed by atoms with Crippen molar-refractivity contribution in [2.75, 3.05) is 19.8 Å². The molecule has 192 valence electrons. The topological polar surface area (TPSA) is 105 Å². The summed E-state index contributed by atoms with van der Waals surface area (Å²) in [5.74, 6) is -0.334. The van der Waals surface area contributed by atoms with Crippen molar-refractivity contribution in [3.63, 3.8) is 0 Å². The number of nitrogens with zero attached hydrogens (tertiary/aromatic N) is 2. The Bertz CT molecular complexity index is 1340. The van der Waals surface area contributed by atoms with Gasteiger partial charge in [0.05, 0.1) is 13.2 Å². The second-order valence-electron chi connectivity index (χ2n) is 10.3. The van der Waals surface area contributed by atoms with Gasteiger partial charge in [-0.15, -0.1) is 0 Å². The summed E-state index contributed by atoms with van der Waals surface area (Å²) in [6, 6.07) is 4.73. The van der Waals surface area contributed by atoms with E-state index in [9.17, 15) is 19.2 Å². The van der Waals surface area contributed by atoms with Gasteiger partial charge in [0.2, 0.25) is 17.7 Å². The molecule has 0 bridgehead atoms. The summed E-state index contributed by atoms with van der Waals surface area (Å²) >= 11 is 0. The fourth-order valence-corrected chi connectivity index (χ4v) is 5.67. The van der Waals surface area contributed by atoms with Crippen molar-refractivity contribution in [2.45, 2.75) is 38.6 Å². The average molecular weight is 511 g/mol. The molecule has 3 aliphatic rings. The number of morpholine rings is 1. The van der Waals surface area contributed by atoms with Crippen molar-refractivity contribution in [1.82, 2.24) is 15.1 Å². The number of rotatable bonds is 6. The zero-order valence-electron chi connectivity index (χ0n) is 22.3. The molecule has 13 heteroatoms. The Hall–Kier alpha value is -3.46. The lowest BCUT2D eigenvalue weighted by Crippen LogP contribution is -2.52. The minimum atomic E-state index is -0.666. The fourth-order valence-electron chi connectivity index (χ4n) is 5.67. The summed E-state index contributed by atoms with van der Waals surface area (Å²) in [4.78, 5) is 52.8. The Morgan fingerprint density at radius 3 is 2.39 bits per heavy atom. The molecule has 9 nitrogen and oxygen atoms in total. The van der Waals surface area contributed by atoms with Crippen molar-refractivity contribution in [1.29, 1.82) is 0 Å². The fraction of sp³-hybridized carbons (Fsp3) is 0.360. The number of carbonyl (C=O) groups is 4. The molecule has 2 saturated heterocycles. The van der Waals surface area contributed by atoms with Crippen LogP contribution in [0.15, 0.2) is 18.2 Å². The molecule has 1 atom stereocenters. The quantitative estimate of drug-likeness (QED) is 0.307. The normalized spacial score (nSPS) is 19.5. The smallest absolute Gasteiger partial charge is 0.255 e. The Morgan fingerprint density at radius 1 is 1.00 bits per heavy atom. The van der Waals surface area contributed by atoms with E-state index in [-0.39, 0.29) is 37.3 Å². The zero-order chi connectivity index (χ0) is 27.1. The lowest BCUT2D eigenvalue weighted by atomic mass is 9.64. The summed E-state index contributed by atoms with van der Waals surface area (Å²) in [5, 5.41) is 2.34. The van der Waals surface area contributed by atoms with E-state index in [1.165, 1.54) is 4.90 Å². The third-order valence-electron chi connectivity index (χ3n) is 8.28. The van der Waals surface area contributed by atoms with Gasteiger partial charge in [0.25, 0.3) is 5.91 Å². The first-order chi connectivity index (χ1) is 18.2. The van der Waals surface area contributed by atoms with E-state index in [4.69, 9.17) is 9.47 Å². The van der Waals surface area contributed by atoms with E-state index in [1.807, 2.05) is 11.0 Å². The number of benzene rings is 2. The summed E-state index contributed by atoms with van der Waals surface area (Å²) in [7, 11) is 8.33. The highest BCUT2D eigenvalue weighted by Crippen LogP contribution is 2.33. The number of hydrogen-bond donors (Lipinski definition) is 1. The molecular formula is C25H29B4N3O6. The Morgan fingerprint density at radius 2 is 1.71 bits per heavy atom. The van der Waals surface area contributed by atoms with E-state index in [2.05, 4.69) is 36.7 Å². The lowest BCUT2D eigenvalue weighted by molar-refractivity contribution is -0.143. The van der Waals surface area contributed by atoms with Gasteiger partial charge in [-0.25, -0.2) is 0 Å². The van der Waals surface area contributed by atoms with Crippen LogP contribution in [0, 0.1) is 0 Å². The highest BCUT2D eigenvalue weighted by molar-refractivity contribution is 6.57. The van der Waals surface area contributed by atoms with E-state index < -0.39 is 11.9 Å². The highest BCUT2D eigenvalue weighted by Gasteiger charge is 2.40. The predicted molar refractivity (Wildman–Crippen MR) is 152 cm³/mol. The van der Waals surface area contributed by atoms with Crippen LogP contribution in [0.1, 0.15) is 39.9 Å². The molecule has 4 amide bonds. The molecule has 2 aromatic rings. The van der Waals surface area contributed by atoms with Crippen molar-refractivity contribution in [3.05, 3.63) is 40.5 Å². The van der Waals surface area contributed by atoms with Crippen LogP contribution in [-0.2, 0) is 38.8 Å². The maximum absolute atomic E-state index is 13.1. The number of imide groups is 1. The van der Waals surface area contributed by atoms with Crippen LogP contribution in [-0.4, -0.2) is 90.6 Å². The number of nitrogens with one attached hydrogen (secondary N) is 1. The van der Waals surface area contributed by atoms with Crippen LogP contribution in [0.3, 0.4) is 0 Å². The Balaban J connectivity index is 1.36. The molecule has 0 radical (unpaired) electrons. The molecule has 38 heavy (non-hydrogen) atoms. The molecular weight excluding hydrogens is 482 g/mol. The van der Waals surface area contributed by atoms with E-state index in [0.29, 0.717) is 44.0 Å².